The molecule has 0 aromatic heterocycles. The van der Waals surface area contributed by atoms with Crippen LogP contribution in [0, 0.1) is 0 Å². The molecular formula is C19H15ClO2. The van der Waals surface area contributed by atoms with Crippen molar-refractivity contribution in [1.29, 1.82) is 0 Å². The maximum absolute atomic E-state index is 9.50. The summed E-state index contributed by atoms with van der Waals surface area (Å²) >= 11 is 5.96. The van der Waals surface area contributed by atoms with Crippen LogP contribution in [0.1, 0.15) is 5.56 Å². The van der Waals surface area contributed by atoms with Gasteiger partial charge in [-0.15, -0.1) is 0 Å². The van der Waals surface area contributed by atoms with Crippen LogP contribution in [0.4, 0.5) is 0 Å². The Bertz CT molecular complexity index is 769. The summed E-state index contributed by atoms with van der Waals surface area (Å²) in [5.74, 6) is 0.882. The van der Waals surface area contributed by atoms with Gasteiger partial charge in [-0.1, -0.05) is 60.1 Å². The van der Waals surface area contributed by atoms with E-state index >= 15 is 0 Å². The first-order chi connectivity index (χ1) is 10.7. The summed E-state index contributed by atoms with van der Waals surface area (Å²) in [6.07, 6.45) is 0. The molecule has 0 aliphatic rings. The summed E-state index contributed by atoms with van der Waals surface area (Å²) in [5, 5.41) is 9.84. The Morgan fingerprint density at radius 2 is 1.59 bits per heavy atom. The number of rotatable bonds is 4. The molecule has 0 aliphatic carbocycles. The van der Waals surface area contributed by atoms with Gasteiger partial charge in [0.05, 0.1) is 5.02 Å². The minimum absolute atomic E-state index is 0.0851. The molecule has 2 nitrogen and oxygen atoms in total. The topological polar surface area (TPSA) is 29.5 Å². The van der Waals surface area contributed by atoms with Gasteiger partial charge in [-0.3, -0.25) is 0 Å². The fraction of sp³-hybridized carbons (Fsp3) is 0.0526. The summed E-state index contributed by atoms with van der Waals surface area (Å²) in [4.78, 5) is 0. The highest BCUT2D eigenvalue weighted by molar-refractivity contribution is 6.32. The second kappa shape index (κ2) is 6.54. The lowest BCUT2D eigenvalue weighted by molar-refractivity contribution is 0.306. The van der Waals surface area contributed by atoms with Crippen LogP contribution in [-0.4, -0.2) is 5.11 Å². The Hall–Kier alpha value is -2.45. The molecule has 110 valence electrons. The molecule has 0 amide bonds. The van der Waals surface area contributed by atoms with E-state index in [0.29, 0.717) is 11.6 Å². The molecular weight excluding hydrogens is 296 g/mol. The summed E-state index contributed by atoms with van der Waals surface area (Å²) in [6.45, 7) is 0.528. The number of phenols is 1. The quantitative estimate of drug-likeness (QED) is 0.709. The Kier molecular flexibility index (Phi) is 4.31. The zero-order valence-corrected chi connectivity index (χ0v) is 12.6. The van der Waals surface area contributed by atoms with Gasteiger partial charge in [-0.25, -0.2) is 0 Å². The summed E-state index contributed by atoms with van der Waals surface area (Å²) in [6, 6.07) is 23.0. The van der Waals surface area contributed by atoms with Crippen LogP contribution in [0.2, 0.25) is 5.02 Å². The first-order valence-electron chi connectivity index (χ1n) is 6.98. The van der Waals surface area contributed by atoms with Crippen molar-refractivity contribution in [3.05, 3.63) is 83.4 Å². The molecule has 0 radical (unpaired) electrons. The maximum Gasteiger partial charge on any atom is 0.134 e. The second-order valence-corrected chi connectivity index (χ2v) is 5.38. The number of hydrogen-bond acceptors (Lipinski definition) is 2. The highest BCUT2D eigenvalue weighted by atomic mass is 35.5. The van der Waals surface area contributed by atoms with E-state index in [1.165, 1.54) is 0 Å². The van der Waals surface area contributed by atoms with Gasteiger partial charge in [0.1, 0.15) is 18.1 Å². The van der Waals surface area contributed by atoms with Crippen LogP contribution in [0.3, 0.4) is 0 Å². The Morgan fingerprint density at radius 3 is 2.36 bits per heavy atom. The molecule has 0 atom stereocenters. The highest BCUT2D eigenvalue weighted by Gasteiger charge is 2.04. The molecule has 0 saturated heterocycles. The van der Waals surface area contributed by atoms with E-state index in [4.69, 9.17) is 16.3 Å². The average molecular weight is 311 g/mol. The number of ether oxygens (including phenoxy) is 1. The molecule has 0 unspecified atom stereocenters. The molecule has 3 heteroatoms. The zero-order chi connectivity index (χ0) is 15.4. The third kappa shape index (κ3) is 3.41. The predicted octanol–water partition coefficient (Wildman–Crippen LogP) is 5.29. The largest absolute Gasteiger partial charge is 0.506 e. The van der Waals surface area contributed by atoms with E-state index in [-0.39, 0.29) is 5.75 Å². The first-order valence-corrected chi connectivity index (χ1v) is 7.36. The molecule has 3 rings (SSSR count). The molecule has 1 N–H and O–H groups in total. The third-order valence-electron chi connectivity index (χ3n) is 3.36. The van der Waals surface area contributed by atoms with Crippen molar-refractivity contribution in [2.24, 2.45) is 0 Å². The van der Waals surface area contributed by atoms with Crippen molar-refractivity contribution in [1.82, 2.24) is 0 Å². The molecule has 22 heavy (non-hydrogen) atoms. The number of aromatic hydroxyl groups is 1. The maximum atomic E-state index is 9.50. The van der Waals surface area contributed by atoms with Gasteiger partial charge in [-0.2, -0.15) is 0 Å². The first kappa shape index (κ1) is 14.5. The van der Waals surface area contributed by atoms with E-state index in [1.54, 1.807) is 12.1 Å². The van der Waals surface area contributed by atoms with Crippen LogP contribution in [-0.2, 0) is 6.61 Å². The summed E-state index contributed by atoms with van der Waals surface area (Å²) in [5.41, 5.74) is 3.06. The van der Waals surface area contributed by atoms with E-state index in [1.807, 2.05) is 60.7 Å². The number of hydrogen-bond donors (Lipinski definition) is 1. The minimum Gasteiger partial charge on any atom is -0.506 e. The van der Waals surface area contributed by atoms with E-state index in [0.717, 1.165) is 22.4 Å². The van der Waals surface area contributed by atoms with Crippen LogP contribution < -0.4 is 4.74 Å². The van der Waals surface area contributed by atoms with Crippen molar-refractivity contribution in [2.45, 2.75) is 6.61 Å². The molecule has 0 saturated carbocycles. The fourth-order valence-electron chi connectivity index (χ4n) is 2.19. The van der Waals surface area contributed by atoms with Crippen LogP contribution in [0.15, 0.2) is 72.8 Å². The lowest BCUT2D eigenvalue weighted by atomic mass is 10.1. The highest BCUT2D eigenvalue weighted by Crippen LogP contribution is 2.31. The van der Waals surface area contributed by atoms with Crippen molar-refractivity contribution < 1.29 is 9.84 Å². The van der Waals surface area contributed by atoms with Crippen molar-refractivity contribution in [3.63, 3.8) is 0 Å². The van der Waals surface area contributed by atoms with E-state index in [9.17, 15) is 5.11 Å². The van der Waals surface area contributed by atoms with E-state index in [2.05, 4.69) is 0 Å². The van der Waals surface area contributed by atoms with Crippen molar-refractivity contribution >= 4 is 11.6 Å². The number of benzene rings is 3. The number of phenolic OH excluding ortho intramolecular Hbond substituents is 1. The average Bonchev–Trinajstić information content (AvgIpc) is 2.57. The molecule has 0 bridgehead atoms. The van der Waals surface area contributed by atoms with Gasteiger partial charge in [0.25, 0.3) is 0 Å². The molecule has 0 spiro atoms. The third-order valence-corrected chi connectivity index (χ3v) is 3.67. The molecule has 3 aromatic carbocycles. The van der Waals surface area contributed by atoms with Gasteiger partial charge in [0, 0.05) is 0 Å². The lowest BCUT2D eigenvalue weighted by Crippen LogP contribution is -1.94. The van der Waals surface area contributed by atoms with Crippen LogP contribution in [0.25, 0.3) is 11.1 Å². The Morgan fingerprint density at radius 1 is 0.818 bits per heavy atom. The van der Waals surface area contributed by atoms with Crippen molar-refractivity contribution in [3.8, 4) is 22.6 Å². The van der Waals surface area contributed by atoms with Gasteiger partial charge < -0.3 is 9.84 Å². The molecule has 0 heterocycles. The summed E-state index contributed by atoms with van der Waals surface area (Å²) in [7, 11) is 0. The lowest BCUT2D eigenvalue weighted by Gasteiger charge is -2.09. The fourth-order valence-corrected chi connectivity index (χ4v) is 2.37. The second-order valence-electron chi connectivity index (χ2n) is 4.97. The zero-order valence-electron chi connectivity index (χ0n) is 11.9. The molecule has 0 fully saturated rings. The van der Waals surface area contributed by atoms with Gasteiger partial charge >= 0.3 is 0 Å². The van der Waals surface area contributed by atoms with Gasteiger partial charge in [0.15, 0.2) is 0 Å². The monoisotopic (exact) mass is 310 g/mol. The predicted molar refractivity (Wildman–Crippen MR) is 89.3 cm³/mol. The standard InChI is InChI=1S/C19H15ClO2/c20-18-12-16(9-10-19(18)21)15-7-4-8-17(11-15)22-13-14-5-2-1-3-6-14/h1-12,21H,13H2. The van der Waals surface area contributed by atoms with E-state index < -0.39 is 0 Å². The van der Waals surface area contributed by atoms with Crippen LogP contribution in [0.5, 0.6) is 11.5 Å². The molecule has 3 aromatic rings. The normalized spacial score (nSPS) is 10.4. The Balaban J connectivity index is 1.79. The van der Waals surface area contributed by atoms with Gasteiger partial charge in [-0.05, 0) is 41.0 Å². The van der Waals surface area contributed by atoms with Gasteiger partial charge in [0.2, 0.25) is 0 Å². The smallest absolute Gasteiger partial charge is 0.134 e. The summed E-state index contributed by atoms with van der Waals surface area (Å²) < 4.78 is 5.83. The minimum atomic E-state index is 0.0851. The van der Waals surface area contributed by atoms with Crippen molar-refractivity contribution in [2.75, 3.05) is 0 Å². The SMILES string of the molecule is Oc1ccc(-c2cccc(OCc3ccccc3)c2)cc1Cl. The Labute approximate surface area is 134 Å². The number of halogens is 1. The van der Waals surface area contributed by atoms with Crippen LogP contribution >= 0.6 is 11.6 Å². The molecule has 0 aliphatic heterocycles.